The summed E-state index contributed by atoms with van der Waals surface area (Å²) in [5, 5.41) is 2.41. The number of rotatable bonds is 2. The van der Waals surface area contributed by atoms with E-state index in [1.54, 1.807) is 0 Å². The summed E-state index contributed by atoms with van der Waals surface area (Å²) in [4.78, 5) is 22.8. The molecule has 0 unspecified atom stereocenters. The second-order valence-electron chi connectivity index (χ2n) is 4.53. The quantitative estimate of drug-likeness (QED) is 0.763. The lowest BCUT2D eigenvalue weighted by molar-refractivity contribution is -0.137. The predicted molar refractivity (Wildman–Crippen MR) is 73.3 cm³/mol. The molecule has 0 aliphatic rings. The van der Waals surface area contributed by atoms with Gasteiger partial charge < -0.3 is 10.3 Å². The van der Waals surface area contributed by atoms with Crippen molar-refractivity contribution in [2.75, 3.05) is 5.32 Å². The van der Waals surface area contributed by atoms with Crippen LogP contribution in [0.25, 0.3) is 11.2 Å². The van der Waals surface area contributed by atoms with E-state index in [0.29, 0.717) is 11.2 Å². The van der Waals surface area contributed by atoms with Crippen molar-refractivity contribution in [3.05, 3.63) is 54.0 Å². The first-order valence-electron chi connectivity index (χ1n) is 6.21. The van der Waals surface area contributed by atoms with Crippen molar-refractivity contribution in [1.82, 2.24) is 15.0 Å². The zero-order valence-corrected chi connectivity index (χ0v) is 11.0. The number of carbonyl (C=O) groups is 1. The van der Waals surface area contributed by atoms with Crippen molar-refractivity contribution in [3.8, 4) is 0 Å². The van der Waals surface area contributed by atoms with Gasteiger partial charge in [0.05, 0.1) is 23.0 Å². The number of halogens is 3. The van der Waals surface area contributed by atoms with E-state index in [1.807, 2.05) is 0 Å². The van der Waals surface area contributed by atoms with Crippen LogP contribution in [0.15, 0.2) is 42.9 Å². The molecule has 1 amide bonds. The van der Waals surface area contributed by atoms with Gasteiger partial charge >= 0.3 is 6.18 Å². The van der Waals surface area contributed by atoms with Crippen molar-refractivity contribution in [2.45, 2.75) is 6.18 Å². The number of carbonyl (C=O) groups excluding carboxylic acids is 1. The van der Waals surface area contributed by atoms with Gasteiger partial charge in [0.1, 0.15) is 0 Å². The normalized spacial score (nSPS) is 11.6. The van der Waals surface area contributed by atoms with E-state index < -0.39 is 17.6 Å². The van der Waals surface area contributed by atoms with Gasteiger partial charge in [-0.05, 0) is 24.3 Å². The number of nitrogens with zero attached hydrogens (tertiary/aromatic N) is 2. The monoisotopic (exact) mass is 306 g/mol. The molecule has 2 aromatic heterocycles. The molecule has 0 spiro atoms. The number of aromatic amines is 1. The molecule has 0 radical (unpaired) electrons. The van der Waals surface area contributed by atoms with Crippen molar-refractivity contribution < 1.29 is 18.0 Å². The Morgan fingerprint density at radius 2 is 2.00 bits per heavy atom. The van der Waals surface area contributed by atoms with Gasteiger partial charge in [0.15, 0.2) is 5.65 Å². The summed E-state index contributed by atoms with van der Waals surface area (Å²) in [5.41, 5.74) is 0.471. The Kier molecular flexibility index (Phi) is 3.28. The van der Waals surface area contributed by atoms with Gasteiger partial charge in [0.2, 0.25) is 0 Å². The van der Waals surface area contributed by atoms with Crippen LogP contribution < -0.4 is 5.32 Å². The molecule has 0 saturated carbocycles. The summed E-state index contributed by atoms with van der Waals surface area (Å²) < 4.78 is 37.9. The highest BCUT2D eigenvalue weighted by atomic mass is 19.4. The van der Waals surface area contributed by atoms with Crippen LogP contribution >= 0.6 is 0 Å². The Morgan fingerprint density at radius 3 is 2.77 bits per heavy atom. The number of H-pyrrole nitrogens is 1. The SMILES string of the molecule is O=C(Nc1cccc(C(F)(F)F)c1)c1cnc2nc[nH]c2c1. The second-order valence-corrected chi connectivity index (χ2v) is 4.53. The zero-order valence-electron chi connectivity index (χ0n) is 11.0. The number of aromatic nitrogens is 3. The summed E-state index contributed by atoms with van der Waals surface area (Å²) in [6.07, 6.45) is -1.71. The maximum absolute atomic E-state index is 12.6. The molecule has 0 fully saturated rings. The van der Waals surface area contributed by atoms with E-state index in [1.165, 1.54) is 30.7 Å². The van der Waals surface area contributed by atoms with Crippen LogP contribution in [0.5, 0.6) is 0 Å². The molecule has 3 rings (SSSR count). The van der Waals surface area contributed by atoms with Gasteiger partial charge in [0, 0.05) is 11.9 Å². The molecule has 3 aromatic rings. The Balaban J connectivity index is 1.84. The molecule has 0 aliphatic heterocycles. The fourth-order valence-electron chi connectivity index (χ4n) is 1.93. The van der Waals surface area contributed by atoms with Crippen LogP contribution in [0.2, 0.25) is 0 Å². The van der Waals surface area contributed by atoms with Gasteiger partial charge in [-0.1, -0.05) is 6.07 Å². The van der Waals surface area contributed by atoms with Crippen LogP contribution in [0, 0.1) is 0 Å². The van der Waals surface area contributed by atoms with Gasteiger partial charge in [-0.15, -0.1) is 0 Å². The van der Waals surface area contributed by atoms with E-state index in [0.717, 1.165) is 12.1 Å². The molecule has 5 nitrogen and oxygen atoms in total. The lowest BCUT2D eigenvalue weighted by Crippen LogP contribution is -2.13. The maximum Gasteiger partial charge on any atom is 0.416 e. The maximum atomic E-state index is 12.6. The largest absolute Gasteiger partial charge is 0.416 e. The molecule has 0 saturated heterocycles. The van der Waals surface area contributed by atoms with E-state index >= 15 is 0 Å². The first-order valence-corrected chi connectivity index (χ1v) is 6.21. The number of amides is 1. The molecular weight excluding hydrogens is 297 g/mol. The third-order valence-electron chi connectivity index (χ3n) is 2.98. The molecule has 8 heteroatoms. The molecule has 2 N–H and O–H groups in total. The third kappa shape index (κ3) is 2.76. The number of hydrogen-bond donors (Lipinski definition) is 2. The van der Waals surface area contributed by atoms with Gasteiger partial charge in [-0.2, -0.15) is 13.2 Å². The summed E-state index contributed by atoms with van der Waals surface area (Å²) in [6, 6.07) is 5.95. The smallest absolute Gasteiger partial charge is 0.343 e. The molecule has 2 heterocycles. The minimum atomic E-state index is -4.46. The number of fused-ring (bicyclic) bond motifs is 1. The number of alkyl halides is 3. The number of imidazole rings is 1. The zero-order chi connectivity index (χ0) is 15.7. The van der Waals surface area contributed by atoms with Crippen molar-refractivity contribution in [3.63, 3.8) is 0 Å². The molecule has 22 heavy (non-hydrogen) atoms. The van der Waals surface area contributed by atoms with Crippen molar-refractivity contribution >= 4 is 22.8 Å². The van der Waals surface area contributed by atoms with Crippen LogP contribution in [-0.4, -0.2) is 20.9 Å². The third-order valence-corrected chi connectivity index (χ3v) is 2.98. The van der Waals surface area contributed by atoms with Crippen LogP contribution in [0.3, 0.4) is 0 Å². The average Bonchev–Trinajstić information content (AvgIpc) is 2.94. The topological polar surface area (TPSA) is 70.7 Å². The first-order chi connectivity index (χ1) is 10.4. The molecule has 1 aromatic carbocycles. The molecule has 112 valence electrons. The fourth-order valence-corrected chi connectivity index (χ4v) is 1.93. The first kappa shape index (κ1) is 14.1. The lowest BCUT2D eigenvalue weighted by atomic mass is 10.2. The summed E-state index contributed by atoms with van der Waals surface area (Å²) >= 11 is 0. The minimum absolute atomic E-state index is 0.0598. The van der Waals surface area contributed by atoms with E-state index in [-0.39, 0.29) is 11.3 Å². The Labute approximate surface area is 122 Å². The van der Waals surface area contributed by atoms with E-state index in [9.17, 15) is 18.0 Å². The second kappa shape index (κ2) is 5.14. The molecule has 0 aliphatic carbocycles. The number of pyridine rings is 1. The summed E-state index contributed by atoms with van der Waals surface area (Å²) in [6.45, 7) is 0. The Hall–Kier alpha value is -2.90. The Morgan fingerprint density at radius 1 is 1.18 bits per heavy atom. The average molecular weight is 306 g/mol. The van der Waals surface area contributed by atoms with Crippen molar-refractivity contribution in [1.29, 1.82) is 0 Å². The predicted octanol–water partition coefficient (Wildman–Crippen LogP) is 3.23. The summed E-state index contributed by atoms with van der Waals surface area (Å²) in [5.74, 6) is -0.552. The van der Waals surface area contributed by atoms with Crippen molar-refractivity contribution in [2.24, 2.45) is 0 Å². The van der Waals surface area contributed by atoms with Gasteiger partial charge in [-0.25, -0.2) is 9.97 Å². The Bertz CT molecular complexity index is 841. The van der Waals surface area contributed by atoms with Crippen LogP contribution in [-0.2, 0) is 6.18 Å². The van der Waals surface area contributed by atoms with Crippen LogP contribution in [0.1, 0.15) is 15.9 Å². The van der Waals surface area contributed by atoms with E-state index in [2.05, 4.69) is 20.3 Å². The number of nitrogens with one attached hydrogen (secondary N) is 2. The number of anilines is 1. The number of hydrogen-bond acceptors (Lipinski definition) is 3. The lowest BCUT2D eigenvalue weighted by Gasteiger charge is -2.09. The minimum Gasteiger partial charge on any atom is -0.343 e. The highest BCUT2D eigenvalue weighted by Crippen LogP contribution is 2.30. The van der Waals surface area contributed by atoms with Gasteiger partial charge in [-0.3, -0.25) is 4.79 Å². The standard InChI is InChI=1S/C14H9F3N4O/c15-14(16,17)9-2-1-3-10(5-9)21-13(22)8-4-11-12(18-6-8)20-7-19-11/h1-7H,(H,21,22)(H,18,19,20). The van der Waals surface area contributed by atoms with Gasteiger partial charge in [0.25, 0.3) is 5.91 Å². The van der Waals surface area contributed by atoms with Crippen LogP contribution in [0.4, 0.5) is 18.9 Å². The molecular formula is C14H9F3N4O. The van der Waals surface area contributed by atoms with E-state index in [4.69, 9.17) is 0 Å². The molecule has 0 atom stereocenters. The number of benzene rings is 1. The fraction of sp³-hybridized carbons (Fsp3) is 0.0714. The summed E-state index contributed by atoms with van der Waals surface area (Å²) in [7, 11) is 0. The highest BCUT2D eigenvalue weighted by molar-refractivity contribution is 6.05. The highest BCUT2D eigenvalue weighted by Gasteiger charge is 2.30. The molecule has 0 bridgehead atoms.